The van der Waals surface area contributed by atoms with Crippen molar-refractivity contribution in [1.29, 1.82) is 0 Å². The van der Waals surface area contributed by atoms with Crippen LogP contribution in [0.3, 0.4) is 0 Å². The van der Waals surface area contributed by atoms with Gasteiger partial charge in [-0.3, -0.25) is 0 Å². The Balaban J connectivity index is 0.000000459. The zero-order valence-corrected chi connectivity index (χ0v) is 25.2. The second kappa shape index (κ2) is 15.5. The maximum absolute atomic E-state index is 12.1. The summed E-state index contributed by atoms with van der Waals surface area (Å²) in [7, 11) is 0. The number of aromatic nitrogens is 2. The summed E-state index contributed by atoms with van der Waals surface area (Å²) >= 11 is 30.9. The number of alkyl halides is 6. The Bertz CT molecular complexity index is 1120. The molecule has 1 aliphatic rings. The molecule has 0 aliphatic heterocycles. The van der Waals surface area contributed by atoms with Gasteiger partial charge in [0.1, 0.15) is 13.2 Å². The highest BCUT2D eigenvalue weighted by Crippen LogP contribution is 2.48. The number of carbonyl (C=O) groups excluding carboxylic acids is 1. The zero-order chi connectivity index (χ0) is 28.3. The molecule has 212 valence electrons. The molecule has 0 spiro atoms. The summed E-state index contributed by atoms with van der Waals surface area (Å²) in [5.41, 5.74) is 2.08. The van der Waals surface area contributed by atoms with E-state index in [2.05, 4.69) is 15.5 Å². The first-order chi connectivity index (χ1) is 18.5. The van der Waals surface area contributed by atoms with Gasteiger partial charge >= 0.3 is 6.09 Å². The number of alkyl carbamates (subject to hydrolysis) is 1. The monoisotopic (exact) mass is 655 g/mol. The average molecular weight is 658 g/mol. The van der Waals surface area contributed by atoms with E-state index in [1.165, 1.54) is 0 Å². The Kier molecular flexibility index (Phi) is 12.8. The van der Waals surface area contributed by atoms with Gasteiger partial charge in [-0.2, -0.15) is 0 Å². The molecule has 4 rings (SSSR count). The number of amides is 1. The van der Waals surface area contributed by atoms with Gasteiger partial charge in [0.05, 0.1) is 6.61 Å². The van der Waals surface area contributed by atoms with E-state index in [0.717, 1.165) is 36.8 Å². The lowest BCUT2D eigenvalue weighted by Crippen LogP contribution is -2.37. The van der Waals surface area contributed by atoms with Crippen molar-refractivity contribution in [3.63, 3.8) is 0 Å². The van der Waals surface area contributed by atoms with Gasteiger partial charge in [0, 0.05) is 12.0 Å². The number of benzene rings is 2. The Morgan fingerprint density at radius 2 is 1.33 bits per heavy atom. The van der Waals surface area contributed by atoms with Crippen molar-refractivity contribution in [3.05, 3.63) is 83.6 Å². The minimum Gasteiger partial charge on any atom is -0.445 e. The van der Waals surface area contributed by atoms with Crippen LogP contribution in [0.15, 0.2) is 65.1 Å². The molecule has 0 atom stereocenters. The first kappa shape index (κ1) is 32.1. The quantitative estimate of drug-likeness (QED) is 0.245. The van der Waals surface area contributed by atoms with Crippen molar-refractivity contribution in [2.45, 2.75) is 65.0 Å². The van der Waals surface area contributed by atoms with Gasteiger partial charge < -0.3 is 19.2 Å². The van der Waals surface area contributed by atoms with Crippen LogP contribution >= 0.6 is 69.6 Å². The number of rotatable bonds is 8. The van der Waals surface area contributed by atoms with E-state index in [0.29, 0.717) is 25.0 Å². The fraction of sp³-hybridized carbons (Fsp3) is 0.423. The highest BCUT2D eigenvalue weighted by Gasteiger charge is 2.44. The van der Waals surface area contributed by atoms with Gasteiger partial charge in [-0.25, -0.2) is 4.79 Å². The van der Waals surface area contributed by atoms with Crippen molar-refractivity contribution in [1.82, 2.24) is 15.5 Å². The van der Waals surface area contributed by atoms with Gasteiger partial charge in [-0.15, -0.1) is 10.2 Å². The van der Waals surface area contributed by atoms with Crippen LogP contribution in [0.25, 0.3) is 0 Å². The molecule has 0 saturated heterocycles. The molecule has 0 bridgehead atoms. The summed E-state index contributed by atoms with van der Waals surface area (Å²) in [5.74, 6) is 1.37. The van der Waals surface area contributed by atoms with Crippen LogP contribution in [-0.4, -0.2) is 29.9 Å². The number of halogens is 6. The van der Waals surface area contributed by atoms with Gasteiger partial charge in [0.15, 0.2) is 0 Å². The summed E-state index contributed by atoms with van der Waals surface area (Å²) in [6.07, 6.45) is 3.11. The number of nitrogens with one attached hydrogen (secondary N) is 1. The molecule has 7 nitrogen and oxygen atoms in total. The molecular weight excluding hydrogens is 631 g/mol. The van der Waals surface area contributed by atoms with Gasteiger partial charge in [-0.1, -0.05) is 130 Å². The fourth-order valence-corrected chi connectivity index (χ4v) is 3.74. The van der Waals surface area contributed by atoms with Crippen molar-refractivity contribution < 1.29 is 18.7 Å². The van der Waals surface area contributed by atoms with Gasteiger partial charge in [0.2, 0.25) is 19.4 Å². The highest BCUT2D eigenvalue weighted by atomic mass is 35.6. The van der Waals surface area contributed by atoms with Gasteiger partial charge in [-0.05, 0) is 36.8 Å². The van der Waals surface area contributed by atoms with Gasteiger partial charge in [0.25, 0.3) is 0 Å². The number of carbonyl (C=O) groups is 1. The molecule has 1 fully saturated rings. The summed E-state index contributed by atoms with van der Waals surface area (Å²) in [6, 6.07) is 19.7. The van der Waals surface area contributed by atoms with E-state index in [4.69, 9.17) is 83.5 Å². The first-order valence-electron chi connectivity index (χ1n) is 12.1. The Morgan fingerprint density at radius 3 is 1.87 bits per heavy atom. The third kappa shape index (κ3) is 11.5. The summed E-state index contributed by atoms with van der Waals surface area (Å²) in [4.78, 5) is 12.1. The lowest BCUT2D eigenvalue weighted by molar-refractivity contribution is 0.0879. The van der Waals surface area contributed by atoms with Crippen LogP contribution in [0.5, 0.6) is 0 Å². The van der Waals surface area contributed by atoms with Crippen LogP contribution in [-0.2, 0) is 29.3 Å². The number of nitrogens with zero attached hydrogens (tertiary/aromatic N) is 2. The predicted octanol–water partition coefficient (Wildman–Crippen LogP) is 8.47. The topological polar surface area (TPSA) is 86.5 Å². The van der Waals surface area contributed by atoms with Crippen molar-refractivity contribution >= 4 is 75.7 Å². The standard InChI is InChI=1S/C24H27N3O4.C2Cl6/c28-24(30-16-19-9-5-2-6-10-19)25-21-13-11-20(12-14-21)23-27-26-22(31-23)17-29-15-18-7-3-1-4-8-18;3-1(4,5)2(6,7)8/h1-10,20-21H,11-17H2,(H,25,28);. The Labute approximate surface area is 257 Å². The van der Waals surface area contributed by atoms with Crippen LogP contribution in [0, 0.1) is 0 Å². The molecule has 1 heterocycles. The highest BCUT2D eigenvalue weighted by molar-refractivity contribution is 6.83. The minimum atomic E-state index is -1.85. The van der Waals surface area contributed by atoms with Crippen molar-refractivity contribution in [2.24, 2.45) is 0 Å². The Morgan fingerprint density at radius 1 is 0.795 bits per heavy atom. The molecule has 3 aromatic rings. The molecule has 39 heavy (non-hydrogen) atoms. The van der Waals surface area contributed by atoms with E-state index in [9.17, 15) is 4.79 Å². The molecule has 13 heteroatoms. The fourth-order valence-electron chi connectivity index (χ4n) is 3.74. The minimum absolute atomic E-state index is 0.108. The maximum Gasteiger partial charge on any atom is 0.407 e. The zero-order valence-electron chi connectivity index (χ0n) is 20.7. The number of ether oxygens (including phenoxy) is 2. The van der Waals surface area contributed by atoms with Crippen LogP contribution < -0.4 is 5.32 Å². The molecule has 1 aliphatic carbocycles. The molecule has 0 unspecified atom stereocenters. The summed E-state index contributed by atoms with van der Waals surface area (Å²) < 4.78 is 13.1. The van der Waals surface area contributed by atoms with E-state index in [1.54, 1.807) is 0 Å². The largest absolute Gasteiger partial charge is 0.445 e. The smallest absolute Gasteiger partial charge is 0.407 e. The Hall–Kier alpha value is -1.45. The van der Waals surface area contributed by atoms with Crippen LogP contribution in [0.4, 0.5) is 4.79 Å². The maximum atomic E-state index is 12.1. The average Bonchev–Trinajstić information content (AvgIpc) is 3.37. The van der Waals surface area contributed by atoms with E-state index < -0.39 is 7.59 Å². The molecule has 1 aromatic heterocycles. The third-order valence-corrected chi connectivity index (χ3v) is 8.32. The molecule has 0 radical (unpaired) electrons. The normalized spacial score (nSPS) is 17.6. The first-order valence-corrected chi connectivity index (χ1v) is 14.3. The molecule has 1 N–H and O–H groups in total. The summed E-state index contributed by atoms with van der Waals surface area (Å²) in [6.45, 7) is 1.08. The van der Waals surface area contributed by atoms with Crippen molar-refractivity contribution in [2.75, 3.05) is 0 Å². The second-order valence-electron chi connectivity index (χ2n) is 8.76. The van der Waals surface area contributed by atoms with E-state index >= 15 is 0 Å². The molecule has 2 aromatic carbocycles. The lowest BCUT2D eigenvalue weighted by Gasteiger charge is -2.26. The predicted molar refractivity (Wildman–Crippen MR) is 155 cm³/mol. The van der Waals surface area contributed by atoms with E-state index in [-0.39, 0.29) is 24.7 Å². The molecule has 1 amide bonds. The molecule has 1 saturated carbocycles. The van der Waals surface area contributed by atoms with E-state index in [1.807, 2.05) is 60.7 Å². The summed E-state index contributed by atoms with van der Waals surface area (Å²) in [5, 5.41) is 11.3. The van der Waals surface area contributed by atoms with Crippen molar-refractivity contribution in [3.8, 4) is 0 Å². The lowest BCUT2D eigenvalue weighted by atomic mass is 9.86. The van der Waals surface area contributed by atoms with Crippen LogP contribution in [0.2, 0.25) is 0 Å². The third-order valence-electron chi connectivity index (χ3n) is 5.75. The molecular formula is C26H27Cl6N3O4. The SMILES string of the molecule is ClC(Cl)(Cl)C(Cl)(Cl)Cl.O=C(NC1CCC(c2nnc(COCc3ccccc3)o2)CC1)OCc1ccccc1. The second-order valence-corrected chi connectivity index (χ2v) is 13.3. The van der Waals surface area contributed by atoms with Crippen LogP contribution in [0.1, 0.15) is 54.5 Å². The number of hydrogen-bond acceptors (Lipinski definition) is 6. The number of hydrogen-bond donors (Lipinski definition) is 1.